The van der Waals surface area contributed by atoms with Gasteiger partial charge in [0.25, 0.3) is 0 Å². The Bertz CT molecular complexity index is 423. The zero-order valence-corrected chi connectivity index (χ0v) is 10.2. The van der Waals surface area contributed by atoms with Crippen molar-refractivity contribution in [3.05, 3.63) is 22.2 Å². The van der Waals surface area contributed by atoms with Gasteiger partial charge in [0.2, 0.25) is 0 Å². The molecule has 2 rings (SSSR count). The molecule has 0 atom stereocenters. The molecule has 92 valence electrons. The van der Waals surface area contributed by atoms with Crippen LogP contribution in [0.2, 0.25) is 0 Å². The number of anilines is 1. The van der Waals surface area contributed by atoms with Gasteiger partial charge in [-0.05, 0) is 13.0 Å². The van der Waals surface area contributed by atoms with Gasteiger partial charge in [-0.2, -0.15) is 0 Å². The van der Waals surface area contributed by atoms with Crippen LogP contribution in [0.4, 0.5) is 11.5 Å². The molecule has 0 spiro atoms. The maximum Gasteiger partial charge on any atom is 0.301 e. The van der Waals surface area contributed by atoms with Gasteiger partial charge in [0.05, 0.1) is 23.4 Å². The molecule has 0 amide bonds. The van der Waals surface area contributed by atoms with Gasteiger partial charge in [-0.25, -0.2) is 4.98 Å². The molecule has 1 aliphatic heterocycles. The second kappa shape index (κ2) is 5.33. The molecule has 2 heterocycles. The normalized spacial score (nSPS) is 15.4. The number of nitrogens with one attached hydrogen (secondary N) is 1. The van der Waals surface area contributed by atoms with Gasteiger partial charge in [-0.15, -0.1) is 0 Å². The minimum Gasteiger partial charge on any atom is -0.379 e. The molecule has 1 aliphatic rings. The van der Waals surface area contributed by atoms with E-state index >= 15 is 0 Å². The molecule has 0 aromatic carbocycles. The molecule has 0 radical (unpaired) electrons. The minimum absolute atomic E-state index is 0.0588. The molecule has 6 nitrogen and oxygen atoms in total. The van der Waals surface area contributed by atoms with Crippen LogP contribution >= 0.6 is 11.8 Å². The molecule has 1 saturated heterocycles. The topological polar surface area (TPSA) is 77.3 Å². The molecule has 1 aromatic heterocycles. The lowest BCUT2D eigenvalue weighted by molar-refractivity contribution is -0.388. The number of nitrogens with zero attached hydrogens (tertiary/aromatic N) is 2. The number of hydrogen-bond acceptors (Lipinski definition) is 6. The van der Waals surface area contributed by atoms with Gasteiger partial charge in [0.15, 0.2) is 5.03 Å². The van der Waals surface area contributed by atoms with Gasteiger partial charge in [-0.3, -0.25) is 10.1 Å². The number of aromatic nitrogens is 1. The number of hydrogen-bond donors (Lipinski definition) is 1. The zero-order chi connectivity index (χ0) is 12.3. The van der Waals surface area contributed by atoms with Gasteiger partial charge < -0.3 is 10.1 Å². The van der Waals surface area contributed by atoms with E-state index in [0.717, 1.165) is 6.54 Å². The molecular formula is C10H13N3O3S. The molecule has 1 aromatic rings. The van der Waals surface area contributed by atoms with Crippen LogP contribution in [0.1, 0.15) is 6.92 Å². The van der Waals surface area contributed by atoms with Crippen molar-refractivity contribution in [1.29, 1.82) is 0 Å². The number of ether oxygens (including phenoxy) is 1. The predicted octanol–water partition coefficient (Wildman–Crippen LogP) is 1.91. The highest BCUT2D eigenvalue weighted by Gasteiger charge is 2.25. The van der Waals surface area contributed by atoms with E-state index in [9.17, 15) is 10.1 Å². The standard InChI is InChI=1S/C10H13N3O3S/c1-2-11-9-4-3-8(13(14)15)10(12-9)17-7-5-16-6-7/h3-4,7H,2,5-6H2,1H3,(H,11,12). The summed E-state index contributed by atoms with van der Waals surface area (Å²) < 4.78 is 5.05. The van der Waals surface area contributed by atoms with Crippen LogP contribution in [0.3, 0.4) is 0 Å². The van der Waals surface area contributed by atoms with Gasteiger partial charge in [0.1, 0.15) is 5.82 Å². The first-order valence-corrected chi connectivity index (χ1v) is 6.22. The fourth-order valence-corrected chi connectivity index (χ4v) is 2.44. The molecule has 1 fully saturated rings. The Morgan fingerprint density at radius 3 is 2.94 bits per heavy atom. The van der Waals surface area contributed by atoms with Gasteiger partial charge >= 0.3 is 5.69 Å². The molecule has 0 saturated carbocycles. The van der Waals surface area contributed by atoms with Crippen molar-refractivity contribution in [2.45, 2.75) is 17.2 Å². The summed E-state index contributed by atoms with van der Waals surface area (Å²) in [7, 11) is 0. The third-order valence-electron chi connectivity index (χ3n) is 2.28. The Morgan fingerprint density at radius 1 is 1.65 bits per heavy atom. The third kappa shape index (κ3) is 2.86. The molecule has 17 heavy (non-hydrogen) atoms. The number of nitro groups is 1. The predicted molar refractivity (Wildman–Crippen MR) is 65.5 cm³/mol. The maximum atomic E-state index is 10.9. The summed E-state index contributed by atoms with van der Waals surface area (Å²) in [5.74, 6) is 0.667. The average Bonchev–Trinajstić information content (AvgIpc) is 2.24. The Kier molecular flexibility index (Phi) is 3.80. The van der Waals surface area contributed by atoms with Crippen molar-refractivity contribution in [2.75, 3.05) is 25.1 Å². The lowest BCUT2D eigenvalue weighted by Gasteiger charge is -2.24. The van der Waals surface area contributed by atoms with E-state index in [0.29, 0.717) is 24.1 Å². The van der Waals surface area contributed by atoms with E-state index in [-0.39, 0.29) is 10.9 Å². The monoisotopic (exact) mass is 255 g/mol. The van der Waals surface area contributed by atoms with Gasteiger partial charge in [0, 0.05) is 12.6 Å². The average molecular weight is 255 g/mol. The molecule has 0 bridgehead atoms. The number of thioether (sulfide) groups is 1. The maximum absolute atomic E-state index is 10.9. The van der Waals surface area contributed by atoms with Crippen molar-refractivity contribution in [2.24, 2.45) is 0 Å². The van der Waals surface area contributed by atoms with Crippen LogP contribution in [-0.2, 0) is 4.74 Å². The highest BCUT2D eigenvalue weighted by molar-refractivity contribution is 8.00. The first-order valence-electron chi connectivity index (χ1n) is 5.34. The van der Waals surface area contributed by atoms with Crippen LogP contribution < -0.4 is 5.32 Å². The summed E-state index contributed by atoms with van der Waals surface area (Å²) in [5, 5.41) is 14.7. The first-order chi connectivity index (χ1) is 8.20. The summed E-state index contributed by atoms with van der Waals surface area (Å²) in [5.41, 5.74) is 0.0588. The fourth-order valence-electron chi connectivity index (χ4n) is 1.38. The van der Waals surface area contributed by atoms with Crippen molar-refractivity contribution in [3.8, 4) is 0 Å². The van der Waals surface area contributed by atoms with Crippen LogP contribution in [0.25, 0.3) is 0 Å². The van der Waals surface area contributed by atoms with Crippen molar-refractivity contribution >= 4 is 23.3 Å². The Morgan fingerprint density at radius 2 is 2.41 bits per heavy atom. The fraction of sp³-hybridized carbons (Fsp3) is 0.500. The first kappa shape index (κ1) is 12.1. The summed E-state index contributed by atoms with van der Waals surface area (Å²) >= 11 is 1.41. The summed E-state index contributed by atoms with van der Waals surface area (Å²) in [6, 6.07) is 3.12. The highest BCUT2D eigenvalue weighted by Crippen LogP contribution is 2.34. The zero-order valence-electron chi connectivity index (χ0n) is 9.38. The van der Waals surface area contributed by atoms with E-state index in [1.54, 1.807) is 6.07 Å². The van der Waals surface area contributed by atoms with Crippen molar-refractivity contribution in [1.82, 2.24) is 4.98 Å². The molecular weight excluding hydrogens is 242 g/mol. The molecule has 1 N–H and O–H groups in total. The molecule has 0 aliphatic carbocycles. The van der Waals surface area contributed by atoms with Crippen molar-refractivity contribution < 1.29 is 9.66 Å². The van der Waals surface area contributed by atoms with Crippen LogP contribution in [0, 0.1) is 10.1 Å². The highest BCUT2D eigenvalue weighted by atomic mass is 32.2. The number of pyridine rings is 1. The molecule has 0 unspecified atom stereocenters. The smallest absolute Gasteiger partial charge is 0.301 e. The molecule has 7 heteroatoms. The quantitative estimate of drug-likeness (QED) is 0.639. The van der Waals surface area contributed by atoms with Crippen molar-refractivity contribution in [3.63, 3.8) is 0 Å². The van der Waals surface area contributed by atoms with E-state index in [4.69, 9.17) is 4.74 Å². The van der Waals surface area contributed by atoms with Gasteiger partial charge in [-0.1, -0.05) is 11.8 Å². The lowest BCUT2D eigenvalue weighted by atomic mass is 10.4. The Hall–Kier alpha value is -1.34. The van der Waals surface area contributed by atoms with Crippen LogP contribution in [-0.4, -0.2) is 34.9 Å². The summed E-state index contributed by atoms with van der Waals surface area (Å²) in [4.78, 5) is 14.7. The van der Waals surface area contributed by atoms with Crippen LogP contribution in [0.15, 0.2) is 17.2 Å². The third-order valence-corrected chi connectivity index (χ3v) is 3.41. The van der Waals surface area contributed by atoms with E-state index in [1.807, 2.05) is 6.92 Å². The van der Waals surface area contributed by atoms with Crippen LogP contribution in [0.5, 0.6) is 0 Å². The summed E-state index contributed by atoms with van der Waals surface area (Å²) in [6.07, 6.45) is 0. The summed E-state index contributed by atoms with van der Waals surface area (Å²) in [6.45, 7) is 3.96. The second-order valence-electron chi connectivity index (χ2n) is 3.59. The second-order valence-corrected chi connectivity index (χ2v) is 4.87. The Labute approximate surface area is 103 Å². The number of rotatable bonds is 5. The van der Waals surface area contributed by atoms with E-state index in [1.165, 1.54) is 17.8 Å². The Balaban J connectivity index is 2.22. The largest absolute Gasteiger partial charge is 0.379 e. The van der Waals surface area contributed by atoms with E-state index in [2.05, 4.69) is 10.3 Å². The SMILES string of the molecule is CCNc1ccc([N+](=O)[O-])c(SC2COC2)n1. The lowest BCUT2D eigenvalue weighted by Crippen LogP contribution is -2.30. The minimum atomic E-state index is -0.398. The van der Waals surface area contributed by atoms with E-state index < -0.39 is 4.92 Å².